The van der Waals surface area contributed by atoms with Gasteiger partial charge >= 0.3 is 5.97 Å². The zero-order chi connectivity index (χ0) is 13.2. The summed E-state index contributed by atoms with van der Waals surface area (Å²) in [5.74, 6) is -1.35. The van der Waals surface area contributed by atoms with E-state index < -0.39 is 17.6 Å². The van der Waals surface area contributed by atoms with E-state index in [-0.39, 0.29) is 11.8 Å². The lowest BCUT2D eigenvalue weighted by molar-refractivity contribution is -0.138. The van der Waals surface area contributed by atoms with Gasteiger partial charge in [0.15, 0.2) is 11.6 Å². The van der Waals surface area contributed by atoms with E-state index in [1.165, 1.54) is 17.8 Å². The first-order chi connectivity index (χ1) is 8.52. The number of hydrogen-bond donors (Lipinski definition) is 1. The highest BCUT2D eigenvalue weighted by Crippen LogP contribution is 2.51. The van der Waals surface area contributed by atoms with Gasteiger partial charge in [0.05, 0.1) is 6.42 Å². The number of hydrogen-bond acceptors (Lipinski definition) is 2. The minimum absolute atomic E-state index is 0.111. The van der Waals surface area contributed by atoms with Gasteiger partial charge in [-0.05, 0) is 30.1 Å². The Morgan fingerprint density at radius 2 is 2.11 bits per heavy atom. The molecule has 1 aliphatic carbocycles. The molecule has 1 saturated carbocycles. The fourth-order valence-electron chi connectivity index (χ4n) is 1.91. The minimum atomic E-state index is -0.834. The van der Waals surface area contributed by atoms with E-state index in [1.807, 2.05) is 0 Å². The van der Waals surface area contributed by atoms with Gasteiger partial charge in [0.25, 0.3) is 0 Å². The van der Waals surface area contributed by atoms with Crippen molar-refractivity contribution in [1.29, 1.82) is 0 Å². The molecule has 0 spiro atoms. The molecule has 98 valence electrons. The first-order valence-electron chi connectivity index (χ1n) is 5.75. The van der Waals surface area contributed by atoms with Crippen molar-refractivity contribution >= 4 is 17.7 Å². The maximum atomic E-state index is 13.4. The van der Waals surface area contributed by atoms with Crippen LogP contribution in [0.5, 0.6) is 0 Å². The van der Waals surface area contributed by atoms with E-state index in [0.29, 0.717) is 17.1 Å². The van der Waals surface area contributed by atoms with Crippen LogP contribution < -0.4 is 0 Å². The summed E-state index contributed by atoms with van der Waals surface area (Å²) in [4.78, 5) is 10.7. The molecule has 1 fully saturated rings. The van der Waals surface area contributed by atoms with Crippen molar-refractivity contribution in [3.8, 4) is 0 Å². The number of rotatable bonds is 6. The maximum Gasteiger partial charge on any atom is 0.303 e. The van der Waals surface area contributed by atoms with E-state index >= 15 is 0 Å². The van der Waals surface area contributed by atoms with Gasteiger partial charge in [0, 0.05) is 11.3 Å². The van der Waals surface area contributed by atoms with Crippen molar-refractivity contribution in [1.82, 2.24) is 0 Å². The molecule has 18 heavy (non-hydrogen) atoms. The first kappa shape index (κ1) is 13.3. The van der Waals surface area contributed by atoms with Crippen molar-refractivity contribution in [3.05, 3.63) is 35.4 Å². The molecule has 0 amide bonds. The molecule has 1 N–H and O–H groups in total. The number of halogens is 2. The number of carboxylic acid groups (broad SMARTS) is 1. The smallest absolute Gasteiger partial charge is 0.303 e. The molecule has 1 aliphatic rings. The molecule has 5 heteroatoms. The van der Waals surface area contributed by atoms with Gasteiger partial charge in [0.2, 0.25) is 0 Å². The molecule has 2 rings (SSSR count). The Morgan fingerprint density at radius 1 is 1.39 bits per heavy atom. The molecule has 0 atom stereocenters. The lowest BCUT2D eigenvalue weighted by Gasteiger charge is -2.11. The average Bonchev–Trinajstić information content (AvgIpc) is 3.03. The Balaban J connectivity index is 1.86. The van der Waals surface area contributed by atoms with Gasteiger partial charge in [-0.15, -0.1) is 0 Å². The van der Waals surface area contributed by atoms with Crippen LogP contribution >= 0.6 is 11.8 Å². The SMILES string of the molecule is O=C(O)CC1(CSCc2cccc(F)c2F)CC1. The standard InChI is InChI=1S/C13H14F2O2S/c14-10-3-1-2-9(12(10)15)7-18-8-13(4-5-13)6-11(16)17/h1-3H,4-8H2,(H,16,17). The molecule has 0 aromatic heterocycles. The van der Waals surface area contributed by atoms with Crippen LogP contribution in [0, 0.1) is 17.0 Å². The second-order valence-corrected chi connectivity index (χ2v) is 5.76. The lowest BCUT2D eigenvalue weighted by Crippen LogP contribution is -2.11. The Hall–Kier alpha value is -1.10. The second-order valence-electron chi connectivity index (χ2n) is 4.78. The van der Waals surface area contributed by atoms with Gasteiger partial charge in [-0.1, -0.05) is 12.1 Å². The monoisotopic (exact) mass is 272 g/mol. The zero-order valence-electron chi connectivity index (χ0n) is 9.79. The van der Waals surface area contributed by atoms with Crippen molar-refractivity contribution < 1.29 is 18.7 Å². The summed E-state index contributed by atoms with van der Waals surface area (Å²) in [5, 5.41) is 8.77. The van der Waals surface area contributed by atoms with Gasteiger partial charge in [-0.2, -0.15) is 11.8 Å². The second kappa shape index (κ2) is 5.26. The quantitative estimate of drug-likeness (QED) is 0.861. The Labute approximate surface area is 108 Å². The predicted octanol–water partition coefficient (Wildman–Crippen LogP) is 3.45. The number of thioether (sulfide) groups is 1. The third-order valence-electron chi connectivity index (χ3n) is 3.18. The van der Waals surface area contributed by atoms with Gasteiger partial charge in [-0.25, -0.2) is 8.78 Å². The van der Waals surface area contributed by atoms with Crippen LogP contribution in [-0.4, -0.2) is 16.8 Å². The molecule has 1 aromatic rings. The van der Waals surface area contributed by atoms with Gasteiger partial charge in [-0.3, -0.25) is 4.79 Å². The van der Waals surface area contributed by atoms with Crippen LogP contribution in [0.25, 0.3) is 0 Å². The Morgan fingerprint density at radius 3 is 2.72 bits per heavy atom. The van der Waals surface area contributed by atoms with E-state index in [9.17, 15) is 13.6 Å². The Bertz CT molecular complexity index is 458. The number of carboxylic acids is 1. The minimum Gasteiger partial charge on any atom is -0.481 e. The third-order valence-corrected chi connectivity index (χ3v) is 4.51. The third kappa shape index (κ3) is 3.22. The summed E-state index contributed by atoms with van der Waals surface area (Å²) in [7, 11) is 0. The van der Waals surface area contributed by atoms with Gasteiger partial charge in [0.1, 0.15) is 0 Å². The highest BCUT2D eigenvalue weighted by Gasteiger charge is 2.44. The summed E-state index contributed by atoms with van der Waals surface area (Å²) in [6, 6.07) is 4.14. The van der Waals surface area contributed by atoms with Crippen molar-refractivity contribution in [3.63, 3.8) is 0 Å². The molecule has 0 radical (unpaired) electrons. The van der Waals surface area contributed by atoms with E-state index in [1.54, 1.807) is 6.07 Å². The van der Waals surface area contributed by atoms with Crippen LogP contribution in [0.2, 0.25) is 0 Å². The molecule has 0 heterocycles. The van der Waals surface area contributed by atoms with Crippen LogP contribution in [0.4, 0.5) is 8.78 Å². The summed E-state index contributed by atoms with van der Waals surface area (Å²) in [6.07, 6.45) is 2.00. The van der Waals surface area contributed by atoms with Crippen LogP contribution in [0.3, 0.4) is 0 Å². The molecule has 0 aliphatic heterocycles. The highest BCUT2D eigenvalue weighted by atomic mass is 32.2. The number of aliphatic carboxylic acids is 1. The van der Waals surface area contributed by atoms with E-state index in [4.69, 9.17) is 5.11 Å². The fraction of sp³-hybridized carbons (Fsp3) is 0.462. The summed E-state index contributed by atoms with van der Waals surface area (Å²) < 4.78 is 26.3. The lowest BCUT2D eigenvalue weighted by atomic mass is 10.1. The van der Waals surface area contributed by atoms with Crippen LogP contribution in [0.1, 0.15) is 24.8 Å². The first-order valence-corrected chi connectivity index (χ1v) is 6.90. The molecule has 2 nitrogen and oxygen atoms in total. The molecule has 1 aromatic carbocycles. The summed E-state index contributed by atoms with van der Waals surface area (Å²) in [6.45, 7) is 0. The largest absolute Gasteiger partial charge is 0.481 e. The normalized spacial score (nSPS) is 16.6. The van der Waals surface area contributed by atoms with Crippen molar-refractivity contribution in [2.24, 2.45) is 5.41 Å². The summed E-state index contributed by atoms with van der Waals surface area (Å²) >= 11 is 1.47. The maximum absolute atomic E-state index is 13.4. The molecular weight excluding hydrogens is 258 g/mol. The Kier molecular flexibility index (Phi) is 3.90. The van der Waals surface area contributed by atoms with Crippen LogP contribution in [0.15, 0.2) is 18.2 Å². The van der Waals surface area contributed by atoms with E-state index in [2.05, 4.69) is 0 Å². The fourth-order valence-corrected chi connectivity index (χ4v) is 3.28. The zero-order valence-corrected chi connectivity index (χ0v) is 10.6. The molecule has 0 unspecified atom stereocenters. The number of carbonyl (C=O) groups is 1. The molecular formula is C13H14F2O2S. The van der Waals surface area contributed by atoms with Crippen LogP contribution in [-0.2, 0) is 10.5 Å². The van der Waals surface area contributed by atoms with Crippen molar-refractivity contribution in [2.45, 2.75) is 25.0 Å². The van der Waals surface area contributed by atoms with Crippen molar-refractivity contribution in [2.75, 3.05) is 5.75 Å². The topological polar surface area (TPSA) is 37.3 Å². The number of benzene rings is 1. The summed E-state index contributed by atoms with van der Waals surface area (Å²) in [5.41, 5.74) is 0.228. The van der Waals surface area contributed by atoms with Gasteiger partial charge < -0.3 is 5.11 Å². The van der Waals surface area contributed by atoms with E-state index in [0.717, 1.165) is 18.9 Å². The average molecular weight is 272 g/mol. The predicted molar refractivity (Wildman–Crippen MR) is 66.4 cm³/mol. The highest BCUT2D eigenvalue weighted by molar-refractivity contribution is 7.98. The molecule has 0 bridgehead atoms. The molecule has 0 saturated heterocycles.